The summed E-state index contributed by atoms with van der Waals surface area (Å²) in [6.07, 6.45) is 2.85. The summed E-state index contributed by atoms with van der Waals surface area (Å²) in [7, 11) is 0. The number of aromatic nitrogens is 1. The van der Waals surface area contributed by atoms with E-state index in [4.69, 9.17) is 15.4 Å². The molecular formula is C19H19FN6O. The highest BCUT2D eigenvalue weighted by Gasteiger charge is 2.21. The van der Waals surface area contributed by atoms with Gasteiger partial charge >= 0.3 is 0 Å². The van der Waals surface area contributed by atoms with Crippen LogP contribution in [0.5, 0.6) is 0 Å². The van der Waals surface area contributed by atoms with Crippen LogP contribution in [0.3, 0.4) is 0 Å². The fourth-order valence-corrected chi connectivity index (χ4v) is 3.40. The molecule has 3 aromatic rings. The summed E-state index contributed by atoms with van der Waals surface area (Å²) in [6, 6.07) is 9.94. The van der Waals surface area contributed by atoms with Crippen LogP contribution in [0, 0.1) is 16.8 Å². The third-order valence-electron chi connectivity index (χ3n) is 4.85. The van der Waals surface area contributed by atoms with Crippen LogP contribution >= 0.6 is 0 Å². The molecule has 1 saturated heterocycles. The summed E-state index contributed by atoms with van der Waals surface area (Å²) in [6.45, 7) is 1.92. The molecule has 138 valence electrons. The van der Waals surface area contributed by atoms with Crippen molar-refractivity contribution in [3.05, 3.63) is 48.1 Å². The highest BCUT2D eigenvalue weighted by Crippen LogP contribution is 2.32. The number of anilines is 1. The summed E-state index contributed by atoms with van der Waals surface area (Å²) in [5.74, 6) is 0.612. The monoisotopic (exact) mass is 366 g/mol. The first-order valence-corrected chi connectivity index (χ1v) is 8.78. The van der Waals surface area contributed by atoms with Gasteiger partial charge in [-0.25, -0.2) is 14.4 Å². The molecule has 4 rings (SSSR count). The third kappa shape index (κ3) is 3.31. The van der Waals surface area contributed by atoms with Crippen molar-refractivity contribution in [1.29, 1.82) is 10.9 Å². The van der Waals surface area contributed by atoms with Gasteiger partial charge in [0.05, 0.1) is 5.69 Å². The summed E-state index contributed by atoms with van der Waals surface area (Å²) in [5, 5.41) is 14.7. The van der Waals surface area contributed by atoms with Crippen LogP contribution < -0.4 is 10.3 Å². The Hall–Kier alpha value is -3.13. The van der Waals surface area contributed by atoms with Crippen molar-refractivity contribution in [2.24, 2.45) is 5.22 Å². The number of hydrogen-bond acceptors (Lipinski definition) is 6. The Kier molecular flexibility index (Phi) is 4.64. The number of rotatable bonds is 5. The van der Waals surface area contributed by atoms with Crippen molar-refractivity contribution in [3.8, 4) is 11.1 Å². The first-order chi connectivity index (χ1) is 13.2. The normalized spacial score (nSPS) is 15.0. The number of fused-ring (bicyclic) bond motifs is 1. The Morgan fingerprint density at radius 2 is 2.04 bits per heavy atom. The molecule has 1 fully saturated rings. The SMILES string of the molecule is N=CN(N=N)c1ccc(-c2ccc3oc(C4CCNCC4)nc3c2)c(F)c1. The molecular weight excluding hydrogens is 347 g/mol. The lowest BCUT2D eigenvalue weighted by molar-refractivity contribution is 0.385. The molecule has 3 N–H and O–H groups in total. The Morgan fingerprint density at radius 3 is 2.74 bits per heavy atom. The number of benzene rings is 2. The minimum Gasteiger partial charge on any atom is -0.440 e. The number of nitrogens with zero attached hydrogens (tertiary/aromatic N) is 3. The zero-order chi connectivity index (χ0) is 18.8. The van der Waals surface area contributed by atoms with E-state index in [0.717, 1.165) is 43.2 Å². The van der Waals surface area contributed by atoms with Gasteiger partial charge in [0.1, 0.15) is 17.7 Å². The van der Waals surface area contributed by atoms with Gasteiger partial charge < -0.3 is 9.73 Å². The maximum Gasteiger partial charge on any atom is 0.198 e. The smallest absolute Gasteiger partial charge is 0.198 e. The lowest BCUT2D eigenvalue weighted by Gasteiger charge is -2.19. The van der Waals surface area contributed by atoms with Gasteiger partial charge in [-0.1, -0.05) is 11.3 Å². The topological polar surface area (TPSA) is 101 Å². The van der Waals surface area contributed by atoms with E-state index >= 15 is 0 Å². The quantitative estimate of drug-likeness (QED) is 0.268. The Labute approximate surface area is 155 Å². The van der Waals surface area contributed by atoms with Crippen molar-refractivity contribution >= 4 is 23.1 Å². The van der Waals surface area contributed by atoms with Crippen LogP contribution in [0.25, 0.3) is 22.2 Å². The maximum absolute atomic E-state index is 14.6. The molecule has 0 saturated carbocycles. The molecule has 0 atom stereocenters. The van der Waals surface area contributed by atoms with E-state index in [-0.39, 0.29) is 0 Å². The highest BCUT2D eigenvalue weighted by atomic mass is 19.1. The standard InChI is InChI=1S/C19H19FN6O/c20-16-10-14(26(11-21)25-22)2-3-15(16)13-1-4-18-17(9-13)24-19(27-18)12-5-7-23-8-6-12/h1-4,9-12,21-23H,5-8H2. The van der Waals surface area contributed by atoms with E-state index in [2.05, 4.69) is 15.5 Å². The maximum atomic E-state index is 14.6. The predicted octanol–water partition coefficient (Wildman–Crippen LogP) is 4.46. The zero-order valence-electron chi connectivity index (χ0n) is 14.6. The largest absolute Gasteiger partial charge is 0.440 e. The fraction of sp³-hybridized carbons (Fsp3) is 0.263. The number of piperidine rings is 1. The van der Waals surface area contributed by atoms with E-state index in [1.54, 1.807) is 18.2 Å². The highest BCUT2D eigenvalue weighted by molar-refractivity contribution is 5.82. The number of oxazole rings is 1. The van der Waals surface area contributed by atoms with Crippen LogP contribution in [-0.2, 0) is 0 Å². The molecule has 2 aromatic carbocycles. The zero-order valence-corrected chi connectivity index (χ0v) is 14.6. The lowest BCUT2D eigenvalue weighted by Crippen LogP contribution is -2.26. The van der Waals surface area contributed by atoms with Crippen LogP contribution in [0.4, 0.5) is 10.1 Å². The van der Waals surface area contributed by atoms with Crippen molar-refractivity contribution in [1.82, 2.24) is 10.3 Å². The van der Waals surface area contributed by atoms with Crippen LogP contribution in [0.15, 0.2) is 46.0 Å². The van der Waals surface area contributed by atoms with Crippen molar-refractivity contribution in [2.75, 3.05) is 18.1 Å². The fourth-order valence-electron chi connectivity index (χ4n) is 3.40. The Morgan fingerprint density at radius 1 is 1.22 bits per heavy atom. The van der Waals surface area contributed by atoms with Crippen molar-refractivity contribution in [3.63, 3.8) is 0 Å². The van der Waals surface area contributed by atoms with E-state index < -0.39 is 5.82 Å². The summed E-state index contributed by atoms with van der Waals surface area (Å²) in [5.41, 5.74) is 9.86. The third-order valence-corrected chi connectivity index (χ3v) is 4.85. The van der Waals surface area contributed by atoms with E-state index in [1.165, 1.54) is 6.07 Å². The van der Waals surface area contributed by atoms with Gasteiger partial charge in [0.2, 0.25) is 0 Å². The molecule has 0 amide bonds. The first kappa shape index (κ1) is 17.3. The van der Waals surface area contributed by atoms with E-state index in [0.29, 0.717) is 33.8 Å². The molecule has 0 aliphatic carbocycles. The molecule has 8 heteroatoms. The second kappa shape index (κ2) is 7.24. The van der Waals surface area contributed by atoms with Crippen molar-refractivity contribution in [2.45, 2.75) is 18.8 Å². The molecule has 1 aliphatic heterocycles. The molecule has 27 heavy (non-hydrogen) atoms. The Bertz CT molecular complexity index is 987. The summed E-state index contributed by atoms with van der Waals surface area (Å²) < 4.78 is 20.5. The molecule has 0 unspecified atom stereocenters. The molecule has 0 radical (unpaired) electrons. The number of halogens is 1. The molecule has 0 bridgehead atoms. The average molecular weight is 366 g/mol. The summed E-state index contributed by atoms with van der Waals surface area (Å²) >= 11 is 0. The predicted molar refractivity (Wildman–Crippen MR) is 101 cm³/mol. The molecule has 1 aliphatic rings. The minimum atomic E-state index is -0.454. The van der Waals surface area contributed by atoms with Crippen LogP contribution in [0.2, 0.25) is 0 Å². The second-order valence-electron chi connectivity index (χ2n) is 6.50. The van der Waals surface area contributed by atoms with Crippen molar-refractivity contribution < 1.29 is 8.81 Å². The van der Waals surface area contributed by atoms with Gasteiger partial charge in [-0.15, -0.1) is 0 Å². The van der Waals surface area contributed by atoms with Gasteiger partial charge in [0.25, 0.3) is 0 Å². The Balaban J connectivity index is 1.67. The van der Waals surface area contributed by atoms with Gasteiger partial charge in [-0.05, 0) is 55.8 Å². The molecule has 0 spiro atoms. The van der Waals surface area contributed by atoms with E-state index in [9.17, 15) is 4.39 Å². The number of nitrogens with one attached hydrogen (secondary N) is 3. The summed E-state index contributed by atoms with van der Waals surface area (Å²) in [4.78, 5) is 4.63. The lowest BCUT2D eigenvalue weighted by atomic mass is 9.98. The second-order valence-corrected chi connectivity index (χ2v) is 6.50. The van der Waals surface area contributed by atoms with Gasteiger partial charge in [-0.2, -0.15) is 5.53 Å². The minimum absolute atomic E-state index is 0.317. The van der Waals surface area contributed by atoms with Gasteiger partial charge in [0.15, 0.2) is 11.5 Å². The first-order valence-electron chi connectivity index (χ1n) is 8.78. The molecule has 7 nitrogen and oxygen atoms in total. The van der Waals surface area contributed by atoms with Gasteiger partial charge in [-0.3, -0.25) is 5.41 Å². The number of hydrogen-bond donors (Lipinski definition) is 3. The molecule has 1 aromatic heterocycles. The van der Waals surface area contributed by atoms with Crippen LogP contribution in [0.1, 0.15) is 24.7 Å². The average Bonchev–Trinajstić information content (AvgIpc) is 3.13. The van der Waals surface area contributed by atoms with E-state index in [1.807, 2.05) is 12.1 Å². The van der Waals surface area contributed by atoms with Gasteiger partial charge in [0, 0.05) is 17.5 Å². The van der Waals surface area contributed by atoms with Crippen LogP contribution in [-0.4, -0.2) is 24.4 Å². The molecule has 2 heterocycles.